The highest BCUT2D eigenvalue weighted by atomic mass is 35.5. The van der Waals surface area contributed by atoms with Gasteiger partial charge >= 0.3 is 0 Å². The third kappa shape index (κ3) is 2.35. The summed E-state index contributed by atoms with van der Waals surface area (Å²) in [5.74, 6) is 0.338. The smallest absolute Gasteiger partial charge is 0.239 e. The molecule has 1 atom stereocenters. The van der Waals surface area contributed by atoms with Crippen LogP contribution in [-0.2, 0) is 4.79 Å². The van der Waals surface area contributed by atoms with E-state index in [0.29, 0.717) is 5.91 Å². The average Bonchev–Trinajstić information content (AvgIpc) is 2.77. The number of carbonyl (C=O) groups excluding carboxylic acids is 1. The van der Waals surface area contributed by atoms with Gasteiger partial charge in [0.1, 0.15) is 0 Å². The fourth-order valence-corrected chi connectivity index (χ4v) is 2.05. The molecule has 3 nitrogen and oxygen atoms in total. The summed E-state index contributed by atoms with van der Waals surface area (Å²) in [6.07, 6.45) is 4.58. The number of halogens is 1. The molecule has 0 aromatic rings. The first-order chi connectivity index (χ1) is 5.88. The van der Waals surface area contributed by atoms with Crippen LogP contribution in [0.1, 0.15) is 25.7 Å². The summed E-state index contributed by atoms with van der Waals surface area (Å²) in [6, 6.07) is 0.142. The molecule has 2 aliphatic heterocycles. The summed E-state index contributed by atoms with van der Waals surface area (Å²) >= 11 is 0. The lowest BCUT2D eigenvalue weighted by molar-refractivity contribution is -0.131. The Bertz CT molecular complexity index is 156. The molecule has 2 heterocycles. The molecule has 0 aromatic heterocycles. The van der Waals surface area contributed by atoms with Crippen molar-refractivity contribution in [2.45, 2.75) is 31.7 Å². The zero-order valence-corrected chi connectivity index (χ0v) is 8.61. The van der Waals surface area contributed by atoms with E-state index in [1.54, 1.807) is 0 Å². The van der Waals surface area contributed by atoms with Crippen LogP contribution in [0.5, 0.6) is 0 Å². The third-order valence-corrected chi connectivity index (χ3v) is 2.78. The largest absolute Gasteiger partial charge is 0.341 e. The average molecular weight is 205 g/mol. The first-order valence-electron chi connectivity index (χ1n) is 4.90. The maximum absolute atomic E-state index is 11.7. The molecular weight excluding hydrogens is 188 g/mol. The number of hydrogen-bond acceptors (Lipinski definition) is 2. The summed E-state index contributed by atoms with van der Waals surface area (Å²) in [6.45, 7) is 2.98. The Kier molecular flexibility index (Phi) is 4.00. The van der Waals surface area contributed by atoms with Gasteiger partial charge in [-0.25, -0.2) is 0 Å². The molecule has 0 spiro atoms. The van der Waals surface area contributed by atoms with Crippen molar-refractivity contribution in [3.05, 3.63) is 0 Å². The number of amides is 1. The van der Waals surface area contributed by atoms with Crippen LogP contribution in [0.15, 0.2) is 0 Å². The van der Waals surface area contributed by atoms with Crippen molar-refractivity contribution in [1.82, 2.24) is 10.2 Å². The van der Waals surface area contributed by atoms with Crippen LogP contribution in [0.3, 0.4) is 0 Å². The van der Waals surface area contributed by atoms with Crippen LogP contribution in [0.2, 0.25) is 0 Å². The molecule has 0 radical (unpaired) electrons. The summed E-state index contributed by atoms with van der Waals surface area (Å²) in [4.78, 5) is 13.7. The van der Waals surface area contributed by atoms with Crippen LogP contribution in [0.4, 0.5) is 0 Å². The Balaban J connectivity index is 0.000000845. The van der Waals surface area contributed by atoms with Gasteiger partial charge in [0.2, 0.25) is 5.91 Å². The van der Waals surface area contributed by atoms with E-state index in [-0.39, 0.29) is 18.4 Å². The Morgan fingerprint density at radius 3 is 2.46 bits per heavy atom. The number of nitrogens with one attached hydrogen (secondary N) is 1. The molecule has 13 heavy (non-hydrogen) atoms. The fourth-order valence-electron chi connectivity index (χ4n) is 2.05. The molecule has 1 N–H and O–H groups in total. The zero-order valence-electron chi connectivity index (χ0n) is 7.79. The highest BCUT2D eigenvalue weighted by molar-refractivity contribution is 5.85. The molecule has 2 saturated heterocycles. The zero-order chi connectivity index (χ0) is 8.39. The van der Waals surface area contributed by atoms with Gasteiger partial charge in [-0.1, -0.05) is 0 Å². The molecule has 0 saturated carbocycles. The first kappa shape index (κ1) is 10.8. The van der Waals surface area contributed by atoms with Gasteiger partial charge in [0.05, 0.1) is 6.04 Å². The van der Waals surface area contributed by atoms with E-state index in [1.807, 2.05) is 4.90 Å². The van der Waals surface area contributed by atoms with Crippen molar-refractivity contribution in [2.24, 2.45) is 0 Å². The molecule has 0 aromatic carbocycles. The van der Waals surface area contributed by atoms with Crippen LogP contribution in [0, 0.1) is 0 Å². The highest BCUT2D eigenvalue weighted by Gasteiger charge is 2.27. The maximum atomic E-state index is 11.7. The third-order valence-electron chi connectivity index (χ3n) is 2.78. The maximum Gasteiger partial charge on any atom is 0.239 e. The highest BCUT2D eigenvalue weighted by Crippen LogP contribution is 2.13. The van der Waals surface area contributed by atoms with Crippen molar-refractivity contribution in [3.8, 4) is 0 Å². The minimum absolute atomic E-state index is 0. The van der Waals surface area contributed by atoms with E-state index in [0.717, 1.165) is 32.5 Å². The van der Waals surface area contributed by atoms with E-state index in [1.165, 1.54) is 12.8 Å². The molecule has 1 amide bonds. The van der Waals surface area contributed by atoms with Crippen LogP contribution >= 0.6 is 12.4 Å². The molecule has 0 bridgehead atoms. The van der Waals surface area contributed by atoms with Gasteiger partial charge in [-0.05, 0) is 32.2 Å². The lowest BCUT2D eigenvalue weighted by atomic mass is 10.2. The summed E-state index contributed by atoms with van der Waals surface area (Å²) in [7, 11) is 0. The van der Waals surface area contributed by atoms with Gasteiger partial charge in [-0.3, -0.25) is 4.79 Å². The molecule has 1 unspecified atom stereocenters. The van der Waals surface area contributed by atoms with Crippen LogP contribution in [-0.4, -0.2) is 36.5 Å². The van der Waals surface area contributed by atoms with Gasteiger partial charge in [-0.15, -0.1) is 12.4 Å². The quantitative estimate of drug-likeness (QED) is 0.685. The summed E-state index contributed by atoms with van der Waals surface area (Å²) < 4.78 is 0. The SMILES string of the molecule is Cl.O=C(C1CCCN1)N1CCCC1. The monoisotopic (exact) mass is 204 g/mol. The normalized spacial score (nSPS) is 27.4. The summed E-state index contributed by atoms with van der Waals surface area (Å²) in [5, 5.41) is 3.24. The minimum Gasteiger partial charge on any atom is -0.341 e. The number of carbonyl (C=O) groups is 1. The van der Waals surface area contributed by atoms with Crippen molar-refractivity contribution >= 4 is 18.3 Å². The van der Waals surface area contributed by atoms with E-state index >= 15 is 0 Å². The van der Waals surface area contributed by atoms with Crippen LogP contribution < -0.4 is 5.32 Å². The molecule has 76 valence electrons. The van der Waals surface area contributed by atoms with Crippen molar-refractivity contribution < 1.29 is 4.79 Å². The van der Waals surface area contributed by atoms with E-state index in [4.69, 9.17) is 0 Å². The van der Waals surface area contributed by atoms with Crippen molar-refractivity contribution in [2.75, 3.05) is 19.6 Å². The van der Waals surface area contributed by atoms with Gasteiger partial charge in [-0.2, -0.15) is 0 Å². The Morgan fingerprint density at radius 1 is 1.23 bits per heavy atom. The second-order valence-corrected chi connectivity index (χ2v) is 3.68. The number of rotatable bonds is 1. The van der Waals surface area contributed by atoms with Crippen LogP contribution in [0.25, 0.3) is 0 Å². The Morgan fingerprint density at radius 2 is 1.92 bits per heavy atom. The molecular formula is C9H17ClN2O. The number of likely N-dealkylation sites (tertiary alicyclic amines) is 1. The molecule has 2 rings (SSSR count). The van der Waals surface area contributed by atoms with Gasteiger partial charge in [0, 0.05) is 13.1 Å². The lowest BCUT2D eigenvalue weighted by Crippen LogP contribution is -2.42. The van der Waals surface area contributed by atoms with Gasteiger partial charge in [0.25, 0.3) is 0 Å². The standard InChI is InChI=1S/C9H16N2O.ClH/c12-9(8-4-3-5-10-8)11-6-1-2-7-11;/h8,10H,1-7H2;1H. The van der Waals surface area contributed by atoms with Gasteiger partial charge in [0.15, 0.2) is 0 Å². The molecule has 2 fully saturated rings. The van der Waals surface area contributed by atoms with E-state index in [2.05, 4.69) is 5.32 Å². The van der Waals surface area contributed by atoms with Gasteiger partial charge < -0.3 is 10.2 Å². The predicted molar refractivity (Wildman–Crippen MR) is 54.1 cm³/mol. The van der Waals surface area contributed by atoms with E-state index < -0.39 is 0 Å². The molecule has 2 aliphatic rings. The molecule has 0 aliphatic carbocycles. The number of hydrogen-bond donors (Lipinski definition) is 1. The number of nitrogens with zero attached hydrogens (tertiary/aromatic N) is 1. The predicted octanol–water partition coefficient (Wildman–Crippen LogP) is 0.783. The minimum atomic E-state index is 0. The van der Waals surface area contributed by atoms with E-state index in [9.17, 15) is 4.79 Å². The second-order valence-electron chi connectivity index (χ2n) is 3.68. The van der Waals surface area contributed by atoms with Crippen molar-refractivity contribution in [3.63, 3.8) is 0 Å². The topological polar surface area (TPSA) is 32.3 Å². The fraction of sp³-hybridized carbons (Fsp3) is 0.889. The summed E-state index contributed by atoms with van der Waals surface area (Å²) in [5.41, 5.74) is 0. The van der Waals surface area contributed by atoms with Crippen molar-refractivity contribution in [1.29, 1.82) is 0 Å². The lowest BCUT2D eigenvalue weighted by Gasteiger charge is -2.19. The first-order valence-corrected chi connectivity index (χ1v) is 4.90. The molecule has 4 heteroatoms. The Hall–Kier alpha value is -0.280. The second kappa shape index (κ2) is 4.82. The Labute approximate surface area is 85.3 Å².